The van der Waals surface area contributed by atoms with Gasteiger partial charge < -0.3 is 37.6 Å². The van der Waals surface area contributed by atoms with Crippen LogP contribution < -0.4 is 27.4 Å². The van der Waals surface area contributed by atoms with Gasteiger partial charge in [0, 0.05) is 6.54 Å². The number of amides is 5. The van der Waals surface area contributed by atoms with E-state index in [9.17, 15) is 33.9 Å². The van der Waals surface area contributed by atoms with E-state index >= 15 is 0 Å². The third-order valence-electron chi connectivity index (χ3n) is 5.05. The highest BCUT2D eigenvalue weighted by Gasteiger charge is 2.39. The van der Waals surface area contributed by atoms with E-state index in [2.05, 4.69) is 20.9 Å². The van der Waals surface area contributed by atoms with Gasteiger partial charge in [0.1, 0.15) is 18.6 Å². The lowest BCUT2D eigenvalue weighted by Crippen LogP contribution is -2.52. The molecule has 0 aliphatic carbocycles. The number of carbonyl (C=O) groups excluding carboxylic acids is 4. The molecule has 1 heterocycles. The maximum atomic E-state index is 12.7. The van der Waals surface area contributed by atoms with E-state index in [4.69, 9.17) is 16.6 Å². The molecule has 1 fully saturated rings. The molecule has 1 aliphatic heterocycles. The average molecular weight is 505 g/mol. The van der Waals surface area contributed by atoms with Crippen molar-refractivity contribution in [3.63, 3.8) is 0 Å². The smallest absolute Gasteiger partial charge is 0.330 e. The lowest BCUT2D eigenvalue weighted by Gasteiger charge is -2.21. The normalized spacial score (nSPS) is 16.4. The molecule has 0 radical (unpaired) electrons. The van der Waals surface area contributed by atoms with E-state index in [0.29, 0.717) is 11.3 Å². The van der Waals surface area contributed by atoms with Gasteiger partial charge in [0.2, 0.25) is 11.8 Å². The molecule has 1 aliphatic rings. The summed E-state index contributed by atoms with van der Waals surface area (Å²) in [4.78, 5) is 77.1. The Hall–Kier alpha value is -4.69. The molecule has 0 unspecified atom stereocenters. The number of urea groups is 1. The number of aliphatic imine (C=N–C) groups is 1. The number of carboxylic acid groups (broad SMARTS) is 2. The Bertz CT molecular complexity index is 1040. The van der Waals surface area contributed by atoms with Crippen LogP contribution in [0.1, 0.15) is 30.9 Å². The van der Waals surface area contributed by atoms with Crippen LogP contribution in [-0.2, 0) is 24.0 Å². The van der Waals surface area contributed by atoms with Gasteiger partial charge in [0.25, 0.3) is 5.91 Å². The third-order valence-corrected chi connectivity index (χ3v) is 5.05. The zero-order valence-electron chi connectivity index (χ0n) is 19.0. The fourth-order valence-electron chi connectivity index (χ4n) is 3.37. The van der Waals surface area contributed by atoms with Gasteiger partial charge >= 0.3 is 18.0 Å². The topological polar surface area (TPSA) is 247 Å². The molecule has 15 heteroatoms. The Kier molecular flexibility index (Phi) is 9.71. The van der Waals surface area contributed by atoms with Crippen LogP contribution >= 0.6 is 0 Å². The van der Waals surface area contributed by atoms with E-state index < -0.39 is 66.8 Å². The zero-order chi connectivity index (χ0) is 26.8. The van der Waals surface area contributed by atoms with Crippen LogP contribution in [0.15, 0.2) is 35.3 Å². The fraction of sp³-hybridized carbons (Fsp3) is 0.381. The summed E-state index contributed by atoms with van der Waals surface area (Å²) in [6.07, 6.45) is -0.284. The number of rotatable bonds is 13. The van der Waals surface area contributed by atoms with Crippen molar-refractivity contribution in [2.45, 2.75) is 37.4 Å². The number of carbonyl (C=O) groups is 6. The number of carboxylic acids is 2. The van der Waals surface area contributed by atoms with Crippen LogP contribution in [0.25, 0.3) is 0 Å². The highest BCUT2D eigenvalue weighted by molar-refractivity contribution is 6.06. The molecule has 1 saturated heterocycles. The molecule has 0 bridgehead atoms. The lowest BCUT2D eigenvalue weighted by molar-refractivity contribution is -0.143. The number of hydrogen-bond donors (Lipinski definition) is 7. The maximum absolute atomic E-state index is 12.7. The maximum Gasteiger partial charge on any atom is 0.330 e. The fourth-order valence-corrected chi connectivity index (χ4v) is 3.37. The first-order valence-electron chi connectivity index (χ1n) is 10.8. The number of guanidine groups is 1. The molecule has 194 valence electrons. The second kappa shape index (κ2) is 12.7. The first-order chi connectivity index (χ1) is 17.0. The summed E-state index contributed by atoms with van der Waals surface area (Å²) in [6, 6.07) is 2.75. The molecular formula is C21H27N7O8. The van der Waals surface area contributed by atoms with Gasteiger partial charge in [0.15, 0.2) is 12.0 Å². The number of hydrogen-bond acceptors (Lipinski definition) is 7. The van der Waals surface area contributed by atoms with Gasteiger partial charge in [-0.2, -0.15) is 0 Å². The second-order valence-corrected chi connectivity index (χ2v) is 7.78. The van der Waals surface area contributed by atoms with Gasteiger partial charge in [-0.05, 0) is 18.4 Å². The highest BCUT2D eigenvalue weighted by atomic mass is 16.4. The molecule has 0 spiro atoms. The van der Waals surface area contributed by atoms with Crippen LogP contribution in [0, 0.1) is 0 Å². The Balaban J connectivity index is 2.02. The van der Waals surface area contributed by atoms with Gasteiger partial charge in [-0.25, -0.2) is 9.59 Å². The number of imide groups is 1. The minimum atomic E-state index is -1.67. The third kappa shape index (κ3) is 7.96. The summed E-state index contributed by atoms with van der Waals surface area (Å²) >= 11 is 0. The minimum Gasteiger partial charge on any atom is -0.481 e. The predicted octanol–water partition coefficient (Wildman–Crippen LogP) is -2.14. The first kappa shape index (κ1) is 27.6. The summed E-state index contributed by atoms with van der Waals surface area (Å²) in [5, 5.41) is 25.4. The standard InChI is InChI=1S/C21H27N7O8/c22-20(23)24-8-4-7-12-18(33)28(21(36)26-12)10-14(29)25-13(9-15(30)31)17(32)27-16(19(34)35)11-5-2-1-3-6-11/h1-3,5-6,12-13,16H,4,7-10H2,(H,25,29)(H,26,36)(H,27,32)(H,30,31)(H,34,35)(H4,22,23,24)/t12-,13-,16-/m0/s1. The summed E-state index contributed by atoms with van der Waals surface area (Å²) in [7, 11) is 0. The van der Waals surface area contributed by atoms with Crippen LogP contribution in [0.2, 0.25) is 0 Å². The molecule has 9 N–H and O–H groups in total. The van der Waals surface area contributed by atoms with Crippen molar-refractivity contribution in [3.8, 4) is 0 Å². The molecule has 0 aromatic heterocycles. The summed E-state index contributed by atoms with van der Waals surface area (Å²) < 4.78 is 0. The zero-order valence-corrected chi connectivity index (χ0v) is 19.0. The van der Waals surface area contributed by atoms with Gasteiger partial charge in [-0.1, -0.05) is 30.3 Å². The first-order valence-corrected chi connectivity index (χ1v) is 10.8. The Morgan fingerprint density at radius 1 is 1.08 bits per heavy atom. The predicted molar refractivity (Wildman–Crippen MR) is 123 cm³/mol. The quantitative estimate of drug-likeness (QED) is 0.0663. The van der Waals surface area contributed by atoms with Gasteiger partial charge in [0.05, 0.1) is 6.42 Å². The number of nitrogens with two attached hydrogens (primary N) is 2. The molecule has 15 nitrogen and oxygen atoms in total. The van der Waals surface area contributed by atoms with E-state index in [0.717, 1.165) is 0 Å². The minimum absolute atomic E-state index is 0.117. The second-order valence-electron chi connectivity index (χ2n) is 7.78. The van der Waals surface area contributed by atoms with E-state index in [1.807, 2.05) is 0 Å². The van der Waals surface area contributed by atoms with Crippen LogP contribution in [0.3, 0.4) is 0 Å². The lowest BCUT2D eigenvalue weighted by atomic mass is 10.1. The van der Waals surface area contributed by atoms with E-state index in [-0.39, 0.29) is 24.5 Å². The van der Waals surface area contributed by atoms with Crippen molar-refractivity contribution in [1.29, 1.82) is 0 Å². The van der Waals surface area contributed by atoms with Gasteiger partial charge in [-0.15, -0.1) is 0 Å². The molecule has 36 heavy (non-hydrogen) atoms. The van der Waals surface area contributed by atoms with Crippen molar-refractivity contribution in [2.24, 2.45) is 16.5 Å². The Morgan fingerprint density at radius 3 is 2.33 bits per heavy atom. The number of nitrogens with one attached hydrogen (secondary N) is 3. The molecule has 3 atom stereocenters. The van der Waals surface area contributed by atoms with Gasteiger partial charge in [-0.3, -0.25) is 29.1 Å². The molecule has 2 rings (SSSR count). The summed E-state index contributed by atoms with van der Waals surface area (Å²) in [6.45, 7) is -0.547. The van der Waals surface area contributed by atoms with Crippen LogP contribution in [0.4, 0.5) is 4.79 Å². The molecule has 1 aromatic carbocycles. The van der Waals surface area contributed by atoms with Crippen molar-refractivity contribution >= 4 is 41.7 Å². The average Bonchev–Trinajstić information content (AvgIpc) is 3.07. The molecule has 5 amide bonds. The Morgan fingerprint density at radius 2 is 1.75 bits per heavy atom. The van der Waals surface area contributed by atoms with Crippen molar-refractivity contribution in [3.05, 3.63) is 35.9 Å². The monoisotopic (exact) mass is 505 g/mol. The van der Waals surface area contributed by atoms with E-state index in [1.54, 1.807) is 18.2 Å². The SMILES string of the molecule is NC(N)=NCCC[C@@H]1NC(=O)N(CC(=O)N[C@@H](CC(=O)O)C(=O)N[C@H](C(=O)O)c2ccccc2)C1=O. The largest absolute Gasteiger partial charge is 0.481 e. The summed E-state index contributed by atoms with van der Waals surface area (Å²) in [5.74, 6) is -5.72. The molecule has 0 saturated carbocycles. The molecule has 1 aromatic rings. The van der Waals surface area contributed by atoms with Crippen molar-refractivity contribution < 1.29 is 39.0 Å². The molecular weight excluding hydrogens is 478 g/mol. The number of aliphatic carboxylic acids is 2. The van der Waals surface area contributed by atoms with Crippen LogP contribution in [0.5, 0.6) is 0 Å². The van der Waals surface area contributed by atoms with Crippen molar-refractivity contribution in [1.82, 2.24) is 20.9 Å². The highest BCUT2D eigenvalue weighted by Crippen LogP contribution is 2.14. The summed E-state index contributed by atoms with van der Waals surface area (Å²) in [5.41, 5.74) is 10.7. The number of benzene rings is 1. The van der Waals surface area contributed by atoms with Crippen molar-refractivity contribution in [2.75, 3.05) is 13.1 Å². The van der Waals surface area contributed by atoms with E-state index in [1.165, 1.54) is 12.1 Å². The Labute approximate surface area is 204 Å². The number of nitrogens with zero attached hydrogens (tertiary/aromatic N) is 2. The van der Waals surface area contributed by atoms with Crippen LogP contribution in [-0.4, -0.2) is 81.9 Å².